The first-order valence-corrected chi connectivity index (χ1v) is 9.05. The molecule has 144 valence electrons. The number of para-hydroxylation sites is 1. The number of ether oxygens (including phenoxy) is 1. The van der Waals surface area contributed by atoms with Gasteiger partial charge in [0.05, 0.1) is 5.39 Å². The van der Waals surface area contributed by atoms with E-state index in [0.717, 1.165) is 16.8 Å². The van der Waals surface area contributed by atoms with Crippen LogP contribution < -0.4 is 10.7 Å². The number of rotatable bonds is 4. The number of nitrogens with one attached hydrogen (secondary N) is 1. The highest BCUT2D eigenvalue weighted by molar-refractivity contribution is 6.04. The molecule has 0 bridgehead atoms. The average Bonchev–Trinajstić information content (AvgIpc) is 2.74. The van der Waals surface area contributed by atoms with Crippen LogP contribution in [0.3, 0.4) is 0 Å². The molecule has 0 spiro atoms. The fourth-order valence-electron chi connectivity index (χ4n) is 3.05. The molecule has 1 amide bonds. The molecule has 0 unspecified atom stereocenters. The molecule has 0 fully saturated rings. The fraction of sp³-hybridized carbons (Fsp3) is 0.0870. The summed E-state index contributed by atoms with van der Waals surface area (Å²) in [5.74, 6) is -1.62. The van der Waals surface area contributed by atoms with Gasteiger partial charge in [-0.15, -0.1) is 0 Å². The molecule has 0 saturated heterocycles. The van der Waals surface area contributed by atoms with Crippen molar-refractivity contribution in [3.05, 3.63) is 88.8 Å². The van der Waals surface area contributed by atoms with Gasteiger partial charge in [-0.25, -0.2) is 4.79 Å². The lowest BCUT2D eigenvalue weighted by molar-refractivity contribution is -0.123. The van der Waals surface area contributed by atoms with Crippen molar-refractivity contribution < 1.29 is 18.7 Å². The van der Waals surface area contributed by atoms with Gasteiger partial charge in [-0.1, -0.05) is 48.5 Å². The van der Waals surface area contributed by atoms with Crippen molar-refractivity contribution in [1.29, 1.82) is 0 Å². The molecule has 4 aromatic rings. The van der Waals surface area contributed by atoms with Crippen LogP contribution in [0.1, 0.15) is 17.5 Å². The maximum Gasteiger partial charge on any atom is 0.375 e. The van der Waals surface area contributed by atoms with E-state index < -0.39 is 18.0 Å². The van der Waals surface area contributed by atoms with Crippen LogP contribution in [0.15, 0.2) is 82.0 Å². The zero-order chi connectivity index (χ0) is 20.4. The third kappa shape index (κ3) is 3.73. The fourth-order valence-corrected chi connectivity index (χ4v) is 3.05. The Morgan fingerprint density at radius 2 is 1.62 bits per heavy atom. The Kier molecular flexibility index (Phi) is 4.83. The molecule has 6 nitrogen and oxygen atoms in total. The molecular weight excluding hydrogens is 370 g/mol. The van der Waals surface area contributed by atoms with Gasteiger partial charge in [-0.2, -0.15) is 0 Å². The number of anilines is 1. The highest BCUT2D eigenvalue weighted by Crippen LogP contribution is 2.23. The lowest BCUT2D eigenvalue weighted by Gasteiger charge is -2.14. The van der Waals surface area contributed by atoms with Gasteiger partial charge in [-0.3, -0.25) is 9.59 Å². The van der Waals surface area contributed by atoms with Crippen LogP contribution in [0.5, 0.6) is 0 Å². The predicted octanol–water partition coefficient (Wildman–Crippen LogP) is 4.13. The van der Waals surface area contributed by atoms with E-state index in [-0.39, 0.29) is 16.8 Å². The Bertz CT molecular complexity index is 1290. The highest BCUT2D eigenvalue weighted by Gasteiger charge is 2.22. The second-order valence-electron chi connectivity index (χ2n) is 6.53. The third-order valence-electron chi connectivity index (χ3n) is 4.54. The first-order chi connectivity index (χ1) is 14.0. The van der Waals surface area contributed by atoms with Gasteiger partial charge >= 0.3 is 5.97 Å². The SMILES string of the molecule is C[C@H](OC(=O)c1cc(=O)c2ccccc2o1)C(=O)Nc1cccc2ccccc12. The van der Waals surface area contributed by atoms with Crippen LogP contribution in [0, 0.1) is 0 Å². The van der Waals surface area contributed by atoms with Crippen molar-refractivity contribution in [3.63, 3.8) is 0 Å². The lowest BCUT2D eigenvalue weighted by atomic mass is 10.1. The van der Waals surface area contributed by atoms with Crippen molar-refractivity contribution in [3.8, 4) is 0 Å². The van der Waals surface area contributed by atoms with Crippen LogP contribution >= 0.6 is 0 Å². The number of fused-ring (bicyclic) bond motifs is 2. The van der Waals surface area contributed by atoms with E-state index in [1.165, 1.54) is 6.92 Å². The largest absolute Gasteiger partial charge is 0.449 e. The summed E-state index contributed by atoms with van der Waals surface area (Å²) in [5.41, 5.74) is 0.541. The second kappa shape index (κ2) is 7.59. The number of amides is 1. The summed E-state index contributed by atoms with van der Waals surface area (Å²) in [5, 5.41) is 5.00. The number of esters is 1. The summed E-state index contributed by atoms with van der Waals surface area (Å²) < 4.78 is 10.7. The number of hydrogen-bond acceptors (Lipinski definition) is 5. The molecule has 1 N–H and O–H groups in total. The number of carbonyl (C=O) groups excluding carboxylic acids is 2. The standard InChI is InChI=1S/C23H17NO5/c1-14(22(26)24-18-11-6-8-15-7-2-3-9-16(15)18)28-23(27)21-13-19(25)17-10-4-5-12-20(17)29-21/h2-14H,1H3,(H,24,26)/t14-/m0/s1. The van der Waals surface area contributed by atoms with Crippen molar-refractivity contribution >= 4 is 39.3 Å². The van der Waals surface area contributed by atoms with Gasteiger partial charge in [0.1, 0.15) is 5.58 Å². The minimum atomic E-state index is -1.08. The lowest BCUT2D eigenvalue weighted by Crippen LogP contribution is -2.30. The number of hydrogen-bond donors (Lipinski definition) is 1. The van der Waals surface area contributed by atoms with Crippen LogP contribution in [0.2, 0.25) is 0 Å². The van der Waals surface area contributed by atoms with Crippen LogP contribution in [-0.2, 0) is 9.53 Å². The smallest absolute Gasteiger partial charge is 0.375 e. The summed E-state index contributed by atoms with van der Waals surface area (Å²) in [6.07, 6.45) is -1.08. The molecule has 1 aromatic heterocycles. The molecule has 0 aliphatic rings. The molecule has 0 radical (unpaired) electrons. The van der Waals surface area contributed by atoms with Gasteiger partial charge in [-0.05, 0) is 30.5 Å². The van der Waals surface area contributed by atoms with E-state index in [4.69, 9.17) is 9.15 Å². The minimum absolute atomic E-state index is 0.251. The monoisotopic (exact) mass is 387 g/mol. The minimum Gasteiger partial charge on any atom is -0.449 e. The molecule has 1 heterocycles. The van der Waals surface area contributed by atoms with Gasteiger partial charge in [0, 0.05) is 17.1 Å². The normalized spacial score (nSPS) is 11.9. The maximum absolute atomic E-state index is 12.5. The van der Waals surface area contributed by atoms with Crippen LogP contribution in [0.25, 0.3) is 21.7 Å². The van der Waals surface area contributed by atoms with E-state index in [2.05, 4.69) is 5.32 Å². The van der Waals surface area contributed by atoms with E-state index in [1.807, 2.05) is 36.4 Å². The summed E-state index contributed by atoms with van der Waals surface area (Å²) >= 11 is 0. The van der Waals surface area contributed by atoms with E-state index >= 15 is 0 Å². The van der Waals surface area contributed by atoms with Crippen LogP contribution in [-0.4, -0.2) is 18.0 Å². The zero-order valence-electron chi connectivity index (χ0n) is 15.5. The molecule has 4 rings (SSSR count). The molecule has 29 heavy (non-hydrogen) atoms. The first kappa shape index (κ1) is 18.4. The molecular formula is C23H17NO5. The van der Waals surface area contributed by atoms with E-state index in [1.54, 1.807) is 30.3 Å². The Morgan fingerprint density at radius 3 is 2.45 bits per heavy atom. The Balaban J connectivity index is 1.51. The van der Waals surface area contributed by atoms with E-state index in [9.17, 15) is 14.4 Å². The average molecular weight is 387 g/mol. The Hall–Kier alpha value is -3.93. The molecule has 6 heteroatoms. The molecule has 0 aliphatic carbocycles. The predicted molar refractivity (Wildman–Crippen MR) is 110 cm³/mol. The number of benzene rings is 3. The highest BCUT2D eigenvalue weighted by atomic mass is 16.6. The molecule has 3 aromatic carbocycles. The van der Waals surface area contributed by atoms with Crippen molar-refractivity contribution in [2.75, 3.05) is 5.32 Å². The maximum atomic E-state index is 12.5. The van der Waals surface area contributed by atoms with Gasteiger partial charge in [0.2, 0.25) is 5.76 Å². The van der Waals surface area contributed by atoms with E-state index in [0.29, 0.717) is 11.1 Å². The number of carbonyl (C=O) groups is 2. The third-order valence-corrected chi connectivity index (χ3v) is 4.54. The Morgan fingerprint density at radius 1 is 0.931 bits per heavy atom. The quantitative estimate of drug-likeness (QED) is 0.532. The van der Waals surface area contributed by atoms with Gasteiger partial charge in [0.25, 0.3) is 5.91 Å². The van der Waals surface area contributed by atoms with Crippen LogP contribution in [0.4, 0.5) is 5.69 Å². The molecule has 1 atom stereocenters. The first-order valence-electron chi connectivity index (χ1n) is 9.05. The Labute approximate surface area is 165 Å². The van der Waals surface area contributed by atoms with Gasteiger partial charge < -0.3 is 14.5 Å². The second-order valence-corrected chi connectivity index (χ2v) is 6.53. The zero-order valence-corrected chi connectivity index (χ0v) is 15.5. The molecule has 0 aliphatic heterocycles. The van der Waals surface area contributed by atoms with Gasteiger partial charge in [0.15, 0.2) is 11.5 Å². The van der Waals surface area contributed by atoms with Crippen molar-refractivity contribution in [2.45, 2.75) is 13.0 Å². The van der Waals surface area contributed by atoms with Crippen molar-refractivity contribution in [2.24, 2.45) is 0 Å². The van der Waals surface area contributed by atoms with Crippen molar-refractivity contribution in [1.82, 2.24) is 0 Å². The molecule has 0 saturated carbocycles. The summed E-state index contributed by atoms with van der Waals surface area (Å²) in [7, 11) is 0. The summed E-state index contributed by atoms with van der Waals surface area (Å²) in [6.45, 7) is 1.46. The summed E-state index contributed by atoms with van der Waals surface area (Å²) in [6, 6.07) is 20.8. The summed E-state index contributed by atoms with van der Waals surface area (Å²) in [4.78, 5) is 37.0. The topological polar surface area (TPSA) is 85.6 Å².